The number of carbonyl (C=O) groups excluding carboxylic acids is 2. The minimum Gasteiger partial charge on any atom is -0.497 e. The van der Waals surface area contributed by atoms with Gasteiger partial charge in [0.25, 0.3) is 15.7 Å². The first-order valence-electron chi connectivity index (χ1n) is 13.5. The summed E-state index contributed by atoms with van der Waals surface area (Å²) in [5.74, 6) is -0.217. The maximum absolute atomic E-state index is 14.1. The van der Waals surface area contributed by atoms with Crippen LogP contribution >= 0.6 is 0 Å². The monoisotopic (exact) mass is 596 g/mol. The molecule has 0 spiro atoms. The molecule has 3 aromatic rings. The Kier molecular flexibility index (Phi) is 11.0. The van der Waals surface area contributed by atoms with Crippen molar-refractivity contribution in [3.8, 4) is 5.75 Å². The Morgan fingerprint density at radius 3 is 2.24 bits per heavy atom. The van der Waals surface area contributed by atoms with Crippen LogP contribution in [0.4, 0.5) is 11.4 Å². The van der Waals surface area contributed by atoms with Gasteiger partial charge in [-0.1, -0.05) is 57.2 Å². The van der Waals surface area contributed by atoms with Crippen molar-refractivity contribution < 1.29 is 27.7 Å². The molecule has 0 fully saturated rings. The van der Waals surface area contributed by atoms with Crippen molar-refractivity contribution in [2.24, 2.45) is 5.92 Å². The summed E-state index contributed by atoms with van der Waals surface area (Å²) in [4.78, 5) is 39.5. The largest absolute Gasteiger partial charge is 0.497 e. The van der Waals surface area contributed by atoms with Crippen LogP contribution in [-0.4, -0.2) is 56.3 Å². The summed E-state index contributed by atoms with van der Waals surface area (Å²) in [5, 5.41) is 14.4. The quantitative estimate of drug-likeness (QED) is 0.215. The number of sulfonamides is 1. The Morgan fingerprint density at radius 1 is 1.00 bits per heavy atom. The molecule has 2 amide bonds. The van der Waals surface area contributed by atoms with E-state index in [1.807, 2.05) is 13.8 Å². The summed E-state index contributed by atoms with van der Waals surface area (Å²) in [6, 6.07) is 18.7. The third-order valence-electron chi connectivity index (χ3n) is 6.52. The molecule has 1 N–H and O–H groups in total. The van der Waals surface area contributed by atoms with Gasteiger partial charge in [0.15, 0.2) is 0 Å². The molecule has 0 radical (unpaired) electrons. The Hall–Kier alpha value is -4.45. The lowest BCUT2D eigenvalue weighted by Gasteiger charge is -2.33. The van der Waals surface area contributed by atoms with E-state index in [0.717, 1.165) is 10.4 Å². The van der Waals surface area contributed by atoms with Gasteiger partial charge in [0, 0.05) is 25.2 Å². The topological polar surface area (TPSA) is 139 Å². The minimum absolute atomic E-state index is 0.0184. The molecule has 0 unspecified atom stereocenters. The van der Waals surface area contributed by atoms with Crippen molar-refractivity contribution in [1.29, 1.82) is 0 Å². The maximum Gasteiger partial charge on any atom is 0.271 e. The molecule has 0 aliphatic rings. The van der Waals surface area contributed by atoms with E-state index in [0.29, 0.717) is 17.9 Å². The molecule has 1 atom stereocenters. The Balaban J connectivity index is 2.07. The van der Waals surface area contributed by atoms with Crippen LogP contribution in [0.1, 0.15) is 32.8 Å². The first kappa shape index (κ1) is 32.1. The number of benzene rings is 3. The van der Waals surface area contributed by atoms with E-state index in [-0.39, 0.29) is 41.1 Å². The zero-order chi connectivity index (χ0) is 30.9. The summed E-state index contributed by atoms with van der Waals surface area (Å²) in [7, 11) is -2.80. The van der Waals surface area contributed by atoms with Crippen LogP contribution < -0.4 is 14.4 Å². The summed E-state index contributed by atoms with van der Waals surface area (Å²) >= 11 is 0. The normalized spacial score (nSPS) is 11.9. The third-order valence-corrected chi connectivity index (χ3v) is 8.31. The lowest BCUT2D eigenvalue weighted by molar-refractivity contribution is -0.384. The number of methoxy groups -OCH3 is 1. The Labute approximate surface area is 246 Å². The molecule has 3 rings (SSSR count). The van der Waals surface area contributed by atoms with Gasteiger partial charge >= 0.3 is 0 Å². The number of nitro groups is 1. The van der Waals surface area contributed by atoms with Gasteiger partial charge in [-0.25, -0.2) is 8.42 Å². The van der Waals surface area contributed by atoms with E-state index in [2.05, 4.69) is 5.32 Å². The summed E-state index contributed by atoms with van der Waals surface area (Å²) in [6.07, 6.45) is 0.272. The fourth-order valence-corrected chi connectivity index (χ4v) is 5.71. The second kappa shape index (κ2) is 14.4. The fourth-order valence-electron chi connectivity index (χ4n) is 4.28. The predicted octanol–water partition coefficient (Wildman–Crippen LogP) is 4.38. The molecule has 0 heterocycles. The van der Waals surface area contributed by atoms with Crippen molar-refractivity contribution >= 4 is 33.2 Å². The number of anilines is 1. The minimum atomic E-state index is -4.34. The van der Waals surface area contributed by atoms with Crippen LogP contribution in [0.5, 0.6) is 5.75 Å². The predicted molar refractivity (Wildman–Crippen MR) is 160 cm³/mol. The average Bonchev–Trinajstić information content (AvgIpc) is 2.99. The highest BCUT2D eigenvalue weighted by Gasteiger charge is 2.34. The highest BCUT2D eigenvalue weighted by atomic mass is 32.2. The number of amides is 2. The summed E-state index contributed by atoms with van der Waals surface area (Å²) in [6.45, 7) is 5.40. The molecule has 0 saturated carbocycles. The molecule has 224 valence electrons. The van der Waals surface area contributed by atoms with Crippen molar-refractivity contribution in [1.82, 2.24) is 10.2 Å². The van der Waals surface area contributed by atoms with Gasteiger partial charge in [-0.05, 0) is 48.2 Å². The lowest BCUT2D eigenvalue weighted by Crippen LogP contribution is -2.52. The first-order valence-corrected chi connectivity index (χ1v) is 14.9. The molecule has 0 aliphatic carbocycles. The van der Waals surface area contributed by atoms with Gasteiger partial charge in [0.1, 0.15) is 18.3 Å². The van der Waals surface area contributed by atoms with Crippen molar-refractivity contribution in [3.63, 3.8) is 0 Å². The zero-order valence-electron chi connectivity index (χ0n) is 24.1. The van der Waals surface area contributed by atoms with Crippen LogP contribution in [0, 0.1) is 16.0 Å². The molecule has 0 saturated heterocycles. The Morgan fingerprint density at radius 2 is 1.67 bits per heavy atom. The molecule has 42 heavy (non-hydrogen) atoms. The molecular formula is C30H36N4O7S. The highest BCUT2D eigenvalue weighted by Crippen LogP contribution is 2.28. The molecule has 0 aromatic heterocycles. The number of non-ortho nitro benzene ring substituents is 1. The van der Waals surface area contributed by atoms with E-state index >= 15 is 0 Å². The highest BCUT2D eigenvalue weighted by molar-refractivity contribution is 7.92. The number of nitrogens with zero attached hydrogens (tertiary/aromatic N) is 3. The van der Waals surface area contributed by atoms with Gasteiger partial charge in [-0.3, -0.25) is 24.0 Å². The van der Waals surface area contributed by atoms with Crippen LogP contribution in [0.25, 0.3) is 0 Å². The fraction of sp³-hybridized carbons (Fsp3) is 0.333. The van der Waals surface area contributed by atoms with Crippen molar-refractivity contribution in [2.75, 3.05) is 24.5 Å². The van der Waals surface area contributed by atoms with Gasteiger partial charge in [0.2, 0.25) is 11.8 Å². The van der Waals surface area contributed by atoms with Crippen LogP contribution in [-0.2, 0) is 26.2 Å². The lowest BCUT2D eigenvalue weighted by atomic mass is 10.1. The van der Waals surface area contributed by atoms with E-state index in [9.17, 15) is 28.1 Å². The second-order valence-electron chi connectivity index (χ2n) is 10.0. The van der Waals surface area contributed by atoms with E-state index in [1.54, 1.807) is 49.4 Å². The average molecular weight is 597 g/mol. The van der Waals surface area contributed by atoms with Crippen LogP contribution in [0.15, 0.2) is 83.8 Å². The van der Waals surface area contributed by atoms with Crippen molar-refractivity contribution in [2.45, 2.75) is 44.7 Å². The third kappa shape index (κ3) is 8.06. The van der Waals surface area contributed by atoms with Gasteiger partial charge < -0.3 is 15.0 Å². The number of nitro benzene ring substituents is 1. The molecule has 0 bridgehead atoms. The number of hydrogen-bond acceptors (Lipinski definition) is 7. The standard InChI is InChI=1S/C30H36N4O7S/c1-5-28(30(36)31-19-22(2)3)32(20-23-14-16-26(41-4)17-15-23)29(35)21-33(24-10-9-11-25(18-24)34(37)38)42(39,40)27-12-7-6-8-13-27/h6-18,22,28H,5,19-21H2,1-4H3,(H,31,36)/t28-/m1/s1. The SMILES string of the molecule is CC[C@H](C(=O)NCC(C)C)N(Cc1ccc(OC)cc1)C(=O)CN(c1cccc([N+](=O)[O-])c1)S(=O)(=O)c1ccccc1. The number of hydrogen-bond donors (Lipinski definition) is 1. The number of ether oxygens (including phenoxy) is 1. The molecule has 3 aromatic carbocycles. The first-order chi connectivity index (χ1) is 20.0. The summed E-state index contributed by atoms with van der Waals surface area (Å²) < 4.78 is 33.8. The number of nitrogens with one attached hydrogen (secondary N) is 1. The molecule has 11 nitrogen and oxygen atoms in total. The van der Waals surface area contributed by atoms with Gasteiger partial charge in [-0.2, -0.15) is 0 Å². The molecule has 0 aliphatic heterocycles. The summed E-state index contributed by atoms with van der Waals surface area (Å²) in [5.41, 5.74) is 0.318. The molecule has 12 heteroatoms. The van der Waals surface area contributed by atoms with Gasteiger partial charge in [0.05, 0.1) is 22.6 Å². The second-order valence-corrected chi connectivity index (χ2v) is 11.9. The van der Waals surface area contributed by atoms with E-state index in [1.165, 1.54) is 42.3 Å². The number of rotatable bonds is 14. The zero-order valence-corrected chi connectivity index (χ0v) is 24.9. The van der Waals surface area contributed by atoms with Crippen LogP contribution in [0.2, 0.25) is 0 Å². The van der Waals surface area contributed by atoms with E-state index < -0.39 is 33.4 Å². The Bertz CT molecular complexity index is 1480. The van der Waals surface area contributed by atoms with Crippen molar-refractivity contribution in [3.05, 3.63) is 94.5 Å². The maximum atomic E-state index is 14.1. The van der Waals surface area contributed by atoms with Crippen LogP contribution in [0.3, 0.4) is 0 Å². The van der Waals surface area contributed by atoms with Gasteiger partial charge in [-0.15, -0.1) is 0 Å². The van der Waals surface area contributed by atoms with E-state index in [4.69, 9.17) is 4.74 Å². The smallest absolute Gasteiger partial charge is 0.271 e. The number of carbonyl (C=O) groups is 2. The molecular weight excluding hydrogens is 560 g/mol.